The maximum absolute atomic E-state index is 5.74. The highest BCUT2D eigenvalue weighted by Gasteiger charge is 2.17. The topological polar surface area (TPSA) is 47.3 Å². The number of ether oxygens (including phenoxy) is 1. The van der Waals surface area contributed by atoms with E-state index in [0.29, 0.717) is 6.04 Å². The SMILES string of the molecule is NNC(CCc1ccc2c(c1)CCO2)CCC1CCCC1. The standard InChI is InChI=1S/C18H28N2O/c19-20-17(8-5-14-3-1-2-4-14)9-6-15-7-10-18-16(13-15)11-12-21-18/h7,10,13-14,17,20H,1-6,8-9,11-12,19H2. The predicted molar refractivity (Wildman–Crippen MR) is 86.3 cm³/mol. The summed E-state index contributed by atoms with van der Waals surface area (Å²) >= 11 is 0. The van der Waals surface area contributed by atoms with Crippen LogP contribution in [0.3, 0.4) is 0 Å². The van der Waals surface area contributed by atoms with Crippen molar-refractivity contribution in [2.45, 2.75) is 63.8 Å². The Morgan fingerprint density at radius 2 is 2.10 bits per heavy atom. The lowest BCUT2D eigenvalue weighted by atomic mass is 9.95. The number of hydrogen-bond acceptors (Lipinski definition) is 3. The first-order chi connectivity index (χ1) is 10.3. The molecule has 0 saturated heterocycles. The molecule has 1 aliphatic heterocycles. The fourth-order valence-electron chi connectivity index (χ4n) is 3.78. The van der Waals surface area contributed by atoms with Crippen LogP contribution in [0.15, 0.2) is 18.2 Å². The molecule has 0 bridgehead atoms. The summed E-state index contributed by atoms with van der Waals surface area (Å²) in [7, 11) is 0. The molecule has 3 nitrogen and oxygen atoms in total. The molecule has 0 spiro atoms. The summed E-state index contributed by atoms with van der Waals surface area (Å²) in [6.45, 7) is 0.840. The van der Waals surface area contributed by atoms with Crippen molar-refractivity contribution in [3.63, 3.8) is 0 Å². The number of hydrazine groups is 1. The number of benzene rings is 1. The highest BCUT2D eigenvalue weighted by atomic mass is 16.5. The van der Waals surface area contributed by atoms with E-state index in [1.807, 2.05) is 0 Å². The molecule has 3 N–H and O–H groups in total. The van der Waals surface area contributed by atoms with Crippen LogP contribution in [0.1, 0.15) is 56.1 Å². The largest absolute Gasteiger partial charge is 0.493 e. The number of hydrogen-bond donors (Lipinski definition) is 2. The van der Waals surface area contributed by atoms with Crippen LogP contribution in [0.5, 0.6) is 5.75 Å². The lowest BCUT2D eigenvalue weighted by Gasteiger charge is -2.18. The molecule has 1 aliphatic carbocycles. The van der Waals surface area contributed by atoms with E-state index in [0.717, 1.165) is 37.5 Å². The highest BCUT2D eigenvalue weighted by molar-refractivity contribution is 5.39. The van der Waals surface area contributed by atoms with Gasteiger partial charge in [0.1, 0.15) is 5.75 Å². The Labute approximate surface area is 128 Å². The van der Waals surface area contributed by atoms with E-state index in [1.54, 1.807) is 0 Å². The van der Waals surface area contributed by atoms with Crippen LogP contribution in [0.4, 0.5) is 0 Å². The van der Waals surface area contributed by atoms with Crippen LogP contribution in [-0.2, 0) is 12.8 Å². The van der Waals surface area contributed by atoms with Crippen molar-refractivity contribution >= 4 is 0 Å². The molecule has 1 atom stereocenters. The monoisotopic (exact) mass is 288 g/mol. The molecule has 2 aliphatic rings. The maximum atomic E-state index is 5.74. The molecule has 3 heteroatoms. The summed E-state index contributed by atoms with van der Waals surface area (Å²) in [6, 6.07) is 7.10. The van der Waals surface area contributed by atoms with Crippen molar-refractivity contribution in [2.24, 2.45) is 11.8 Å². The van der Waals surface area contributed by atoms with Crippen molar-refractivity contribution in [1.29, 1.82) is 0 Å². The molecule has 116 valence electrons. The molecule has 1 heterocycles. The Bertz CT molecular complexity index is 455. The normalized spacial score (nSPS) is 19.5. The maximum Gasteiger partial charge on any atom is 0.122 e. The molecule has 0 amide bonds. The van der Waals surface area contributed by atoms with Crippen molar-refractivity contribution in [3.05, 3.63) is 29.3 Å². The summed E-state index contributed by atoms with van der Waals surface area (Å²) in [5.41, 5.74) is 5.81. The Kier molecular flexibility index (Phi) is 5.15. The van der Waals surface area contributed by atoms with Gasteiger partial charge in [0.2, 0.25) is 0 Å². The van der Waals surface area contributed by atoms with Crippen LogP contribution in [-0.4, -0.2) is 12.6 Å². The van der Waals surface area contributed by atoms with Crippen LogP contribution >= 0.6 is 0 Å². The van der Waals surface area contributed by atoms with Crippen LogP contribution in [0, 0.1) is 5.92 Å². The van der Waals surface area contributed by atoms with Crippen molar-refractivity contribution in [3.8, 4) is 5.75 Å². The Morgan fingerprint density at radius 1 is 1.24 bits per heavy atom. The van der Waals surface area contributed by atoms with E-state index in [9.17, 15) is 0 Å². The number of fused-ring (bicyclic) bond motifs is 1. The van der Waals surface area contributed by atoms with Gasteiger partial charge < -0.3 is 4.74 Å². The third kappa shape index (κ3) is 3.98. The van der Waals surface area contributed by atoms with Gasteiger partial charge in [0.15, 0.2) is 0 Å². The van der Waals surface area contributed by atoms with Gasteiger partial charge in [0, 0.05) is 12.5 Å². The second kappa shape index (κ2) is 7.28. The highest BCUT2D eigenvalue weighted by Crippen LogP contribution is 2.30. The lowest BCUT2D eigenvalue weighted by molar-refractivity contribution is 0.357. The zero-order valence-corrected chi connectivity index (χ0v) is 12.9. The molecule has 3 rings (SSSR count). The molecule has 1 aromatic rings. The van der Waals surface area contributed by atoms with Gasteiger partial charge in [0.05, 0.1) is 6.61 Å². The summed E-state index contributed by atoms with van der Waals surface area (Å²) < 4.78 is 5.56. The van der Waals surface area contributed by atoms with Gasteiger partial charge in [-0.25, -0.2) is 0 Å². The number of aryl methyl sites for hydroxylation is 1. The molecule has 0 radical (unpaired) electrons. The van der Waals surface area contributed by atoms with E-state index in [-0.39, 0.29) is 0 Å². The second-order valence-corrected chi connectivity index (χ2v) is 6.67. The fraction of sp³-hybridized carbons (Fsp3) is 0.667. The average molecular weight is 288 g/mol. The second-order valence-electron chi connectivity index (χ2n) is 6.67. The summed E-state index contributed by atoms with van der Waals surface area (Å²) in [4.78, 5) is 0. The average Bonchev–Trinajstić information content (AvgIpc) is 3.18. The number of nitrogens with one attached hydrogen (secondary N) is 1. The first kappa shape index (κ1) is 14.9. The van der Waals surface area contributed by atoms with E-state index in [1.165, 1.54) is 49.7 Å². The van der Waals surface area contributed by atoms with Gasteiger partial charge in [-0.15, -0.1) is 0 Å². The van der Waals surface area contributed by atoms with Gasteiger partial charge >= 0.3 is 0 Å². The van der Waals surface area contributed by atoms with Crippen LogP contribution in [0.2, 0.25) is 0 Å². The quantitative estimate of drug-likeness (QED) is 0.597. The molecular weight excluding hydrogens is 260 g/mol. The van der Waals surface area contributed by atoms with E-state index < -0.39 is 0 Å². The smallest absolute Gasteiger partial charge is 0.122 e. The third-order valence-electron chi connectivity index (χ3n) is 5.17. The summed E-state index contributed by atoms with van der Waals surface area (Å²) in [6.07, 6.45) is 11.6. The molecule has 1 aromatic carbocycles. The fourth-order valence-corrected chi connectivity index (χ4v) is 3.78. The van der Waals surface area contributed by atoms with E-state index >= 15 is 0 Å². The zero-order valence-electron chi connectivity index (χ0n) is 12.9. The number of nitrogens with two attached hydrogens (primary N) is 1. The first-order valence-electron chi connectivity index (χ1n) is 8.56. The molecule has 1 saturated carbocycles. The van der Waals surface area contributed by atoms with Crippen LogP contribution < -0.4 is 16.0 Å². The minimum atomic E-state index is 0.454. The molecule has 1 fully saturated rings. The summed E-state index contributed by atoms with van der Waals surface area (Å²) in [5.74, 6) is 7.78. The predicted octanol–water partition coefficient (Wildman–Crippen LogP) is 3.36. The number of rotatable bonds is 7. The van der Waals surface area contributed by atoms with Crippen LogP contribution in [0.25, 0.3) is 0 Å². The molecule has 1 unspecified atom stereocenters. The first-order valence-corrected chi connectivity index (χ1v) is 8.56. The van der Waals surface area contributed by atoms with Crippen molar-refractivity contribution < 1.29 is 4.74 Å². The Balaban J connectivity index is 1.45. The van der Waals surface area contributed by atoms with Gasteiger partial charge in [-0.2, -0.15) is 0 Å². The van der Waals surface area contributed by atoms with Gasteiger partial charge in [-0.1, -0.05) is 37.8 Å². The molecule has 21 heavy (non-hydrogen) atoms. The van der Waals surface area contributed by atoms with Crippen molar-refractivity contribution in [2.75, 3.05) is 6.61 Å². The van der Waals surface area contributed by atoms with Crippen molar-refractivity contribution in [1.82, 2.24) is 5.43 Å². The third-order valence-corrected chi connectivity index (χ3v) is 5.17. The minimum Gasteiger partial charge on any atom is -0.493 e. The summed E-state index contributed by atoms with van der Waals surface area (Å²) in [5, 5.41) is 0. The van der Waals surface area contributed by atoms with E-state index in [4.69, 9.17) is 10.6 Å². The lowest BCUT2D eigenvalue weighted by Crippen LogP contribution is -2.35. The Hall–Kier alpha value is -1.06. The minimum absolute atomic E-state index is 0.454. The van der Waals surface area contributed by atoms with Gasteiger partial charge in [0.25, 0.3) is 0 Å². The van der Waals surface area contributed by atoms with E-state index in [2.05, 4.69) is 23.6 Å². The zero-order chi connectivity index (χ0) is 14.5. The molecular formula is C18H28N2O. The van der Waals surface area contributed by atoms with Gasteiger partial charge in [-0.3, -0.25) is 11.3 Å². The van der Waals surface area contributed by atoms with Gasteiger partial charge in [-0.05, 0) is 48.8 Å². The Morgan fingerprint density at radius 3 is 2.90 bits per heavy atom. The molecule has 0 aromatic heterocycles.